The minimum atomic E-state index is -0.243. The monoisotopic (exact) mass is 346 g/mol. The normalized spacial score (nSPS) is 10.7. The highest BCUT2D eigenvalue weighted by atomic mass is 32.1. The van der Waals surface area contributed by atoms with Gasteiger partial charge in [0.2, 0.25) is 5.91 Å². The Morgan fingerprint density at radius 2 is 1.88 bits per heavy atom. The van der Waals surface area contributed by atoms with Gasteiger partial charge in [0.25, 0.3) is 5.91 Å². The summed E-state index contributed by atoms with van der Waals surface area (Å²) in [5.74, 6) is -0.393. The summed E-state index contributed by atoms with van der Waals surface area (Å²) < 4.78 is 0. The number of hydrogen-bond donors (Lipinski definition) is 1. The molecule has 6 nitrogen and oxygen atoms in total. The maximum atomic E-state index is 12.7. The third kappa shape index (κ3) is 5.43. The van der Waals surface area contributed by atoms with Gasteiger partial charge in [-0.05, 0) is 33.2 Å². The van der Waals surface area contributed by atoms with E-state index in [2.05, 4.69) is 10.3 Å². The van der Waals surface area contributed by atoms with Gasteiger partial charge in [-0.1, -0.05) is 18.2 Å². The first-order valence-corrected chi connectivity index (χ1v) is 8.54. The second-order valence-corrected chi connectivity index (χ2v) is 6.60. The van der Waals surface area contributed by atoms with E-state index in [-0.39, 0.29) is 18.4 Å². The predicted octanol–water partition coefficient (Wildman–Crippen LogP) is 2.09. The Morgan fingerprint density at radius 1 is 1.17 bits per heavy atom. The molecule has 24 heavy (non-hydrogen) atoms. The SMILES string of the molecule is Cc1csc(NC(=O)CN(CCN(C)C)C(=O)c2ccccc2)n1. The first-order chi connectivity index (χ1) is 11.5. The van der Waals surface area contributed by atoms with Crippen LogP contribution in [0.1, 0.15) is 16.1 Å². The number of thiazole rings is 1. The molecule has 1 N–H and O–H groups in total. The van der Waals surface area contributed by atoms with Crippen LogP contribution in [-0.2, 0) is 4.79 Å². The molecular weight excluding hydrogens is 324 g/mol. The molecule has 0 aliphatic carbocycles. The van der Waals surface area contributed by atoms with Crippen LogP contribution in [0.4, 0.5) is 5.13 Å². The van der Waals surface area contributed by atoms with Gasteiger partial charge in [0.05, 0.1) is 5.69 Å². The fourth-order valence-corrected chi connectivity index (χ4v) is 2.78. The fraction of sp³-hybridized carbons (Fsp3) is 0.353. The van der Waals surface area contributed by atoms with E-state index >= 15 is 0 Å². The molecule has 1 heterocycles. The molecule has 1 aromatic carbocycles. The smallest absolute Gasteiger partial charge is 0.254 e. The minimum Gasteiger partial charge on any atom is -0.328 e. The van der Waals surface area contributed by atoms with Crippen LogP contribution in [-0.4, -0.2) is 60.3 Å². The highest BCUT2D eigenvalue weighted by Gasteiger charge is 2.19. The summed E-state index contributed by atoms with van der Waals surface area (Å²) in [6, 6.07) is 9.00. The Balaban J connectivity index is 2.04. The van der Waals surface area contributed by atoms with Crippen LogP contribution in [0, 0.1) is 6.92 Å². The van der Waals surface area contributed by atoms with Gasteiger partial charge >= 0.3 is 0 Å². The number of hydrogen-bond acceptors (Lipinski definition) is 5. The van der Waals surface area contributed by atoms with E-state index in [4.69, 9.17) is 0 Å². The maximum Gasteiger partial charge on any atom is 0.254 e. The Bertz CT molecular complexity index is 685. The molecule has 2 amide bonds. The molecule has 0 saturated heterocycles. The van der Waals surface area contributed by atoms with Crippen molar-refractivity contribution in [3.63, 3.8) is 0 Å². The van der Waals surface area contributed by atoms with E-state index in [0.29, 0.717) is 23.8 Å². The summed E-state index contributed by atoms with van der Waals surface area (Å²) in [5, 5.41) is 5.17. The van der Waals surface area contributed by atoms with Crippen LogP contribution < -0.4 is 5.32 Å². The Labute approximate surface area is 146 Å². The van der Waals surface area contributed by atoms with Gasteiger partial charge in [0.1, 0.15) is 6.54 Å². The van der Waals surface area contributed by atoms with Gasteiger partial charge in [-0.3, -0.25) is 9.59 Å². The number of benzene rings is 1. The number of anilines is 1. The van der Waals surface area contributed by atoms with E-state index in [1.54, 1.807) is 17.0 Å². The molecule has 2 aromatic rings. The van der Waals surface area contributed by atoms with Crippen molar-refractivity contribution in [1.82, 2.24) is 14.8 Å². The second kappa shape index (κ2) is 8.56. The second-order valence-electron chi connectivity index (χ2n) is 5.74. The first kappa shape index (κ1) is 18.1. The lowest BCUT2D eigenvalue weighted by Gasteiger charge is -2.23. The van der Waals surface area contributed by atoms with Gasteiger partial charge in [0.15, 0.2) is 5.13 Å². The number of rotatable bonds is 7. The topological polar surface area (TPSA) is 65.5 Å². The zero-order chi connectivity index (χ0) is 17.5. The largest absolute Gasteiger partial charge is 0.328 e. The number of likely N-dealkylation sites (N-methyl/N-ethyl adjacent to an activating group) is 1. The quantitative estimate of drug-likeness (QED) is 0.834. The standard InChI is InChI=1S/C17H22N4O2S/c1-13-12-24-17(18-13)19-15(22)11-21(10-9-20(2)3)16(23)14-7-5-4-6-8-14/h4-8,12H,9-11H2,1-3H3,(H,18,19,22). The fourth-order valence-electron chi connectivity index (χ4n) is 2.08. The van der Waals surface area contributed by atoms with Crippen molar-refractivity contribution in [1.29, 1.82) is 0 Å². The maximum absolute atomic E-state index is 12.7. The molecule has 0 fully saturated rings. The van der Waals surface area contributed by atoms with Gasteiger partial charge in [-0.15, -0.1) is 11.3 Å². The molecule has 0 atom stereocenters. The number of nitrogens with one attached hydrogen (secondary N) is 1. The number of nitrogens with zero attached hydrogens (tertiary/aromatic N) is 3. The summed E-state index contributed by atoms with van der Waals surface area (Å²) in [7, 11) is 3.87. The number of carbonyl (C=O) groups is 2. The average molecular weight is 346 g/mol. The third-order valence-electron chi connectivity index (χ3n) is 3.32. The number of carbonyl (C=O) groups excluding carboxylic acids is 2. The molecule has 0 aliphatic heterocycles. The van der Waals surface area contributed by atoms with E-state index in [1.807, 2.05) is 49.5 Å². The van der Waals surface area contributed by atoms with Gasteiger partial charge in [-0.2, -0.15) is 0 Å². The van der Waals surface area contributed by atoms with E-state index in [1.165, 1.54) is 11.3 Å². The molecule has 1 aromatic heterocycles. The number of aromatic nitrogens is 1. The molecule has 2 rings (SSSR count). The van der Waals surface area contributed by atoms with Gasteiger partial charge in [0, 0.05) is 24.0 Å². The summed E-state index contributed by atoms with van der Waals surface area (Å²) >= 11 is 1.37. The zero-order valence-corrected chi connectivity index (χ0v) is 15.0. The molecule has 128 valence electrons. The van der Waals surface area contributed by atoms with Crippen molar-refractivity contribution in [3.05, 3.63) is 47.0 Å². The van der Waals surface area contributed by atoms with Crippen molar-refractivity contribution in [3.8, 4) is 0 Å². The summed E-state index contributed by atoms with van der Waals surface area (Å²) in [6.07, 6.45) is 0. The highest BCUT2D eigenvalue weighted by molar-refractivity contribution is 7.13. The molecule has 0 bridgehead atoms. The molecule has 0 unspecified atom stereocenters. The lowest BCUT2D eigenvalue weighted by atomic mass is 10.2. The number of aryl methyl sites for hydroxylation is 1. The molecular formula is C17H22N4O2S. The van der Waals surface area contributed by atoms with Crippen LogP contribution in [0.2, 0.25) is 0 Å². The number of amides is 2. The average Bonchev–Trinajstić information content (AvgIpc) is 2.96. The van der Waals surface area contributed by atoms with Crippen molar-refractivity contribution in [2.45, 2.75) is 6.92 Å². The minimum absolute atomic E-state index is 0.000194. The van der Waals surface area contributed by atoms with Crippen molar-refractivity contribution in [2.75, 3.05) is 39.0 Å². The van der Waals surface area contributed by atoms with Crippen LogP contribution in [0.5, 0.6) is 0 Å². The lowest BCUT2D eigenvalue weighted by Crippen LogP contribution is -2.41. The van der Waals surface area contributed by atoms with Gasteiger partial charge < -0.3 is 15.1 Å². The summed E-state index contributed by atoms with van der Waals surface area (Å²) in [6.45, 7) is 3.03. The molecule has 0 radical (unpaired) electrons. The Hall–Kier alpha value is -2.25. The van der Waals surface area contributed by atoms with Crippen molar-refractivity contribution in [2.24, 2.45) is 0 Å². The molecule has 0 spiro atoms. The Kier molecular flexibility index (Phi) is 6.45. The summed E-state index contributed by atoms with van der Waals surface area (Å²) in [5.41, 5.74) is 1.44. The molecule has 0 saturated carbocycles. The van der Waals surface area contributed by atoms with Crippen LogP contribution >= 0.6 is 11.3 Å². The van der Waals surface area contributed by atoms with E-state index < -0.39 is 0 Å². The molecule has 0 aliphatic rings. The predicted molar refractivity (Wildman–Crippen MR) is 96.4 cm³/mol. The zero-order valence-electron chi connectivity index (χ0n) is 14.2. The van der Waals surface area contributed by atoms with Gasteiger partial charge in [-0.25, -0.2) is 4.98 Å². The van der Waals surface area contributed by atoms with Crippen LogP contribution in [0.25, 0.3) is 0 Å². The van der Waals surface area contributed by atoms with E-state index in [0.717, 1.165) is 5.69 Å². The van der Waals surface area contributed by atoms with Crippen LogP contribution in [0.3, 0.4) is 0 Å². The third-order valence-corrected chi connectivity index (χ3v) is 4.20. The lowest BCUT2D eigenvalue weighted by molar-refractivity contribution is -0.116. The first-order valence-electron chi connectivity index (χ1n) is 7.66. The highest BCUT2D eigenvalue weighted by Crippen LogP contribution is 2.14. The van der Waals surface area contributed by atoms with E-state index in [9.17, 15) is 9.59 Å². The van der Waals surface area contributed by atoms with Crippen molar-refractivity contribution >= 4 is 28.3 Å². The Morgan fingerprint density at radius 3 is 2.46 bits per heavy atom. The van der Waals surface area contributed by atoms with Crippen molar-refractivity contribution < 1.29 is 9.59 Å². The summed E-state index contributed by atoms with van der Waals surface area (Å²) in [4.78, 5) is 32.7. The molecule has 7 heteroatoms. The van der Waals surface area contributed by atoms with Crippen LogP contribution in [0.15, 0.2) is 35.7 Å².